The zero-order valence-electron chi connectivity index (χ0n) is 8.87. The Morgan fingerprint density at radius 3 is 1.62 bits per heavy atom. The molecule has 94 valence electrons. The van der Waals surface area contributed by atoms with Crippen molar-refractivity contribution in [3.05, 3.63) is 12.7 Å². The minimum absolute atomic E-state index is 0.888. The molecule has 0 aliphatic heterocycles. The maximum absolute atomic E-state index is 10.6. The van der Waals surface area contributed by atoms with Gasteiger partial charge in [-0.1, -0.05) is 6.08 Å². The largest absolute Gasteiger partial charge is 0.393 e. The number of aliphatic hydroxyl groups is 4. The summed E-state index contributed by atoms with van der Waals surface area (Å²) in [7, 11) is 0. The second kappa shape index (κ2) is 10.2. The van der Waals surface area contributed by atoms with Crippen LogP contribution in [-0.2, 0) is 14.3 Å². The molecule has 0 aromatic heterocycles. The molecule has 0 radical (unpaired) electrons. The fraction of sp³-hybridized carbons (Fsp3) is 0.556. The van der Waals surface area contributed by atoms with E-state index in [0.717, 1.165) is 0 Å². The van der Waals surface area contributed by atoms with Gasteiger partial charge in [-0.2, -0.15) is 0 Å². The molecule has 0 fully saturated rings. The first-order valence-corrected chi connectivity index (χ1v) is 4.34. The number of aliphatic hydroxyl groups excluding tert-OH is 4. The lowest BCUT2D eigenvalue weighted by atomic mass is 10.3. The first-order valence-electron chi connectivity index (χ1n) is 4.34. The molecule has 2 unspecified atom stereocenters. The topological polar surface area (TPSA) is 124 Å². The Morgan fingerprint density at radius 2 is 1.44 bits per heavy atom. The first kappa shape index (κ1) is 17.1. The molecule has 0 aliphatic rings. The fourth-order valence-corrected chi connectivity index (χ4v) is 0.384. The van der Waals surface area contributed by atoms with Gasteiger partial charge in [0.05, 0.1) is 13.2 Å². The average Bonchev–Trinajstić information content (AvgIpc) is 2.27. The third-order valence-electron chi connectivity index (χ3n) is 1.09. The highest BCUT2D eigenvalue weighted by Crippen LogP contribution is 1.92. The van der Waals surface area contributed by atoms with Gasteiger partial charge in [0.25, 0.3) is 0 Å². The van der Waals surface area contributed by atoms with Crippen molar-refractivity contribution in [1.29, 1.82) is 0 Å². The molecule has 0 spiro atoms. The van der Waals surface area contributed by atoms with Gasteiger partial charge in [-0.3, -0.25) is 0 Å². The smallest absolute Gasteiger partial charge is 0.345 e. The average molecular weight is 236 g/mol. The molecular formula is C9H16O7. The van der Waals surface area contributed by atoms with Crippen molar-refractivity contribution >= 4 is 11.9 Å². The van der Waals surface area contributed by atoms with Crippen molar-refractivity contribution in [3.8, 4) is 0 Å². The third-order valence-corrected chi connectivity index (χ3v) is 1.09. The molecule has 0 saturated heterocycles. The first-order chi connectivity index (χ1) is 7.44. The van der Waals surface area contributed by atoms with Crippen molar-refractivity contribution in [1.82, 2.24) is 0 Å². The summed E-state index contributed by atoms with van der Waals surface area (Å²) in [6, 6.07) is 0. The molecule has 0 amide bonds. The molecule has 7 nitrogen and oxygen atoms in total. The van der Waals surface area contributed by atoms with E-state index < -0.39 is 37.4 Å². The summed E-state index contributed by atoms with van der Waals surface area (Å²) in [6.45, 7) is 3.47. The van der Waals surface area contributed by atoms with E-state index >= 15 is 0 Å². The molecule has 2 atom stereocenters. The Bertz CT molecular complexity index is 206. The second-order valence-corrected chi connectivity index (χ2v) is 2.55. The Hall–Kier alpha value is -1.28. The lowest BCUT2D eigenvalue weighted by Gasteiger charge is -2.08. The van der Waals surface area contributed by atoms with Crippen LogP contribution in [0.5, 0.6) is 0 Å². The number of carbonyl (C=O) groups is 2. The number of hydrogen-bond donors (Lipinski definition) is 4. The van der Waals surface area contributed by atoms with Crippen molar-refractivity contribution in [2.45, 2.75) is 19.1 Å². The quantitative estimate of drug-likeness (QED) is 0.251. The summed E-state index contributed by atoms with van der Waals surface area (Å²) in [5.74, 6) is -2.75. The van der Waals surface area contributed by atoms with E-state index in [-0.39, 0.29) is 0 Å². The van der Waals surface area contributed by atoms with Gasteiger partial charge in [0.15, 0.2) is 12.2 Å². The molecule has 0 saturated carbocycles. The van der Waals surface area contributed by atoms with Crippen LogP contribution in [0.1, 0.15) is 6.92 Å². The Balaban J connectivity index is 0. The van der Waals surface area contributed by atoms with Crippen LogP contribution >= 0.6 is 0 Å². The molecule has 16 heavy (non-hydrogen) atoms. The summed E-state index contributed by atoms with van der Waals surface area (Å²) >= 11 is 0. The van der Waals surface area contributed by atoms with E-state index in [9.17, 15) is 9.59 Å². The number of ether oxygens (including phenoxy) is 1. The van der Waals surface area contributed by atoms with Crippen LogP contribution in [0.25, 0.3) is 0 Å². The van der Waals surface area contributed by atoms with E-state index in [1.54, 1.807) is 6.08 Å². The minimum atomic E-state index is -1.82. The van der Waals surface area contributed by atoms with Crippen LogP contribution < -0.4 is 0 Å². The Labute approximate surface area is 92.6 Å². The lowest BCUT2D eigenvalue weighted by Crippen LogP contribution is -2.34. The van der Waals surface area contributed by atoms with E-state index in [2.05, 4.69) is 11.3 Å². The SMILES string of the molecule is C=CC.O=C(OC(=O)C(O)CO)C(O)CO. The summed E-state index contributed by atoms with van der Waals surface area (Å²) in [5.41, 5.74) is 0. The highest BCUT2D eigenvalue weighted by Gasteiger charge is 2.23. The molecule has 0 aliphatic carbocycles. The predicted octanol–water partition coefficient (Wildman–Crippen LogP) is -2.05. The molecule has 4 N–H and O–H groups in total. The van der Waals surface area contributed by atoms with Crippen LogP contribution in [0.4, 0.5) is 0 Å². The lowest BCUT2D eigenvalue weighted by molar-refractivity contribution is -0.173. The van der Waals surface area contributed by atoms with Gasteiger partial charge >= 0.3 is 11.9 Å². The van der Waals surface area contributed by atoms with Crippen LogP contribution in [-0.4, -0.2) is 57.8 Å². The van der Waals surface area contributed by atoms with E-state index in [0.29, 0.717) is 0 Å². The van der Waals surface area contributed by atoms with Crippen molar-refractivity contribution in [3.63, 3.8) is 0 Å². The molecular weight excluding hydrogens is 220 g/mol. The van der Waals surface area contributed by atoms with Gasteiger partial charge in [-0.15, -0.1) is 6.58 Å². The van der Waals surface area contributed by atoms with Gasteiger partial charge in [0, 0.05) is 0 Å². The maximum atomic E-state index is 10.6. The molecule has 7 heteroatoms. The van der Waals surface area contributed by atoms with Gasteiger partial charge in [-0.05, 0) is 6.92 Å². The molecule has 0 aromatic carbocycles. The molecule has 0 rings (SSSR count). The van der Waals surface area contributed by atoms with Crippen molar-refractivity contribution in [2.24, 2.45) is 0 Å². The number of esters is 2. The standard InChI is InChI=1S/C6H10O7.C3H6/c7-1-3(9)5(11)13-6(12)4(10)2-8;1-3-2/h3-4,7-10H,1-2H2;3H,1H2,2H3. The van der Waals surface area contributed by atoms with Gasteiger partial charge in [0.1, 0.15) is 0 Å². The van der Waals surface area contributed by atoms with Crippen LogP contribution in [0.15, 0.2) is 12.7 Å². The molecule has 0 heterocycles. The minimum Gasteiger partial charge on any atom is -0.393 e. The Morgan fingerprint density at radius 1 is 1.19 bits per heavy atom. The van der Waals surface area contributed by atoms with E-state index in [1.807, 2.05) is 6.92 Å². The zero-order valence-corrected chi connectivity index (χ0v) is 8.87. The van der Waals surface area contributed by atoms with Crippen LogP contribution in [0.2, 0.25) is 0 Å². The number of rotatable bonds is 4. The van der Waals surface area contributed by atoms with Crippen LogP contribution in [0.3, 0.4) is 0 Å². The summed E-state index contributed by atoms with van der Waals surface area (Å²) in [4.78, 5) is 21.1. The Kier molecular flexibility index (Phi) is 11.0. The predicted molar refractivity (Wildman–Crippen MR) is 53.2 cm³/mol. The van der Waals surface area contributed by atoms with Gasteiger partial charge < -0.3 is 25.2 Å². The highest BCUT2D eigenvalue weighted by molar-refractivity contribution is 5.89. The van der Waals surface area contributed by atoms with Gasteiger partial charge in [0.2, 0.25) is 0 Å². The fourth-order valence-electron chi connectivity index (χ4n) is 0.384. The van der Waals surface area contributed by atoms with Crippen molar-refractivity contribution in [2.75, 3.05) is 13.2 Å². The van der Waals surface area contributed by atoms with E-state index in [4.69, 9.17) is 20.4 Å². The van der Waals surface area contributed by atoms with Crippen LogP contribution in [0, 0.1) is 0 Å². The summed E-state index contributed by atoms with van der Waals surface area (Å²) < 4.78 is 3.86. The number of hydrogen-bond acceptors (Lipinski definition) is 7. The highest BCUT2D eigenvalue weighted by atomic mass is 16.6. The monoisotopic (exact) mass is 236 g/mol. The van der Waals surface area contributed by atoms with Gasteiger partial charge in [-0.25, -0.2) is 9.59 Å². The zero-order chi connectivity index (χ0) is 13.1. The van der Waals surface area contributed by atoms with Crippen molar-refractivity contribution < 1.29 is 34.8 Å². The summed E-state index contributed by atoms with van der Waals surface area (Å²) in [5, 5.41) is 33.7. The maximum Gasteiger partial charge on any atom is 0.345 e. The van der Waals surface area contributed by atoms with E-state index in [1.165, 1.54) is 0 Å². The molecule has 0 aromatic rings. The second-order valence-electron chi connectivity index (χ2n) is 2.55. The summed E-state index contributed by atoms with van der Waals surface area (Å²) in [6.07, 6.45) is -1.90. The normalized spacial score (nSPS) is 12.8. The number of allylic oxidation sites excluding steroid dienone is 1. The molecule has 0 bridgehead atoms. The number of carbonyl (C=O) groups excluding carboxylic acids is 2. The third kappa shape index (κ3) is 8.06.